The first-order chi connectivity index (χ1) is 10.1. The summed E-state index contributed by atoms with van der Waals surface area (Å²) in [4.78, 5) is 0. The number of phenolic OH excluding ortho intramolecular Hbond substituents is 1. The van der Waals surface area contributed by atoms with Gasteiger partial charge in [0.25, 0.3) is 0 Å². The molecular weight excluding hydrogens is 262 g/mol. The van der Waals surface area contributed by atoms with Gasteiger partial charge in [0.2, 0.25) is 0 Å². The first-order valence-electron chi connectivity index (χ1n) is 7.25. The number of ether oxygens (including phenoxy) is 1. The Kier molecular flexibility index (Phi) is 5.37. The highest BCUT2D eigenvalue weighted by molar-refractivity contribution is 5.89. The van der Waals surface area contributed by atoms with Crippen molar-refractivity contribution in [3.05, 3.63) is 54.1 Å². The molecule has 0 amide bonds. The smallest absolute Gasteiger partial charge is 0.128 e. The lowest BCUT2D eigenvalue weighted by atomic mass is 10.0. The van der Waals surface area contributed by atoms with Crippen LogP contribution >= 0.6 is 0 Å². The Morgan fingerprint density at radius 1 is 1.29 bits per heavy atom. The molecule has 1 unspecified atom stereocenters. The average molecular weight is 285 g/mol. The normalized spacial score (nSPS) is 12.5. The van der Waals surface area contributed by atoms with Crippen molar-refractivity contribution in [3.63, 3.8) is 0 Å². The van der Waals surface area contributed by atoms with E-state index in [2.05, 4.69) is 11.9 Å². The van der Waals surface area contributed by atoms with Crippen molar-refractivity contribution in [1.82, 2.24) is 5.32 Å². The van der Waals surface area contributed by atoms with E-state index in [4.69, 9.17) is 4.74 Å². The number of hydrogen-bond donors (Lipinski definition) is 2. The van der Waals surface area contributed by atoms with Crippen molar-refractivity contribution in [1.29, 1.82) is 0 Å². The molecule has 3 heteroatoms. The van der Waals surface area contributed by atoms with Crippen molar-refractivity contribution < 1.29 is 9.84 Å². The van der Waals surface area contributed by atoms with Crippen LogP contribution in [0.1, 0.15) is 25.5 Å². The fraction of sp³-hybridized carbons (Fsp3) is 0.333. The quantitative estimate of drug-likeness (QED) is 0.601. The second kappa shape index (κ2) is 7.25. The van der Waals surface area contributed by atoms with Crippen LogP contribution in [0.5, 0.6) is 5.75 Å². The zero-order chi connectivity index (χ0) is 15.2. The molecule has 21 heavy (non-hydrogen) atoms. The van der Waals surface area contributed by atoms with Crippen molar-refractivity contribution in [2.24, 2.45) is 0 Å². The Labute approximate surface area is 126 Å². The van der Waals surface area contributed by atoms with Crippen LogP contribution in [0.4, 0.5) is 0 Å². The Bertz CT molecular complexity index is 622. The molecule has 0 saturated carbocycles. The van der Waals surface area contributed by atoms with Gasteiger partial charge in [-0.3, -0.25) is 0 Å². The molecule has 3 nitrogen and oxygen atoms in total. The van der Waals surface area contributed by atoms with Gasteiger partial charge in [0, 0.05) is 23.5 Å². The number of aromatic hydroxyl groups is 1. The van der Waals surface area contributed by atoms with E-state index in [0.717, 1.165) is 28.5 Å². The van der Waals surface area contributed by atoms with Crippen LogP contribution in [-0.4, -0.2) is 24.9 Å². The summed E-state index contributed by atoms with van der Waals surface area (Å²) >= 11 is 0. The molecule has 0 heterocycles. The van der Waals surface area contributed by atoms with Crippen LogP contribution in [0.15, 0.2) is 48.6 Å². The van der Waals surface area contributed by atoms with E-state index in [0.29, 0.717) is 19.0 Å². The number of fused-ring (bicyclic) bond motifs is 1. The largest absolute Gasteiger partial charge is 0.507 e. The lowest BCUT2D eigenvalue weighted by molar-refractivity contribution is 0.155. The molecule has 2 rings (SSSR count). The summed E-state index contributed by atoms with van der Waals surface area (Å²) in [6, 6.07) is 11.9. The third-order valence-electron chi connectivity index (χ3n) is 3.44. The van der Waals surface area contributed by atoms with Crippen LogP contribution < -0.4 is 5.32 Å². The van der Waals surface area contributed by atoms with E-state index in [1.165, 1.54) is 0 Å². The molecule has 0 aliphatic heterocycles. The maximum absolute atomic E-state index is 10.4. The summed E-state index contributed by atoms with van der Waals surface area (Å²) in [6.45, 7) is 9.75. The molecule has 0 bridgehead atoms. The summed E-state index contributed by atoms with van der Waals surface area (Å²) in [5.41, 5.74) is 1.93. The van der Waals surface area contributed by atoms with Crippen molar-refractivity contribution in [3.8, 4) is 5.75 Å². The van der Waals surface area contributed by atoms with Crippen molar-refractivity contribution in [2.45, 2.75) is 19.9 Å². The number of phenols is 1. The molecule has 0 fully saturated rings. The van der Waals surface area contributed by atoms with Crippen LogP contribution in [0.2, 0.25) is 0 Å². The van der Waals surface area contributed by atoms with Crippen LogP contribution in [0.25, 0.3) is 10.8 Å². The van der Waals surface area contributed by atoms with E-state index in [-0.39, 0.29) is 6.04 Å². The number of hydrogen-bond acceptors (Lipinski definition) is 3. The van der Waals surface area contributed by atoms with Gasteiger partial charge in [0.05, 0.1) is 13.2 Å². The van der Waals surface area contributed by atoms with Crippen molar-refractivity contribution in [2.75, 3.05) is 19.8 Å². The van der Waals surface area contributed by atoms with Gasteiger partial charge in [0.1, 0.15) is 5.75 Å². The Balaban J connectivity index is 1.98. The third kappa shape index (κ3) is 4.06. The van der Waals surface area contributed by atoms with E-state index in [1.807, 2.05) is 50.2 Å². The van der Waals surface area contributed by atoms with Gasteiger partial charge in [-0.05, 0) is 19.2 Å². The Morgan fingerprint density at radius 2 is 2.05 bits per heavy atom. The highest BCUT2D eigenvalue weighted by Gasteiger charge is 2.12. The summed E-state index contributed by atoms with van der Waals surface area (Å²) < 4.78 is 5.46. The number of rotatable bonds is 7. The molecule has 0 spiro atoms. The second-order valence-corrected chi connectivity index (χ2v) is 5.41. The molecule has 0 saturated heterocycles. The van der Waals surface area contributed by atoms with Gasteiger partial charge < -0.3 is 15.2 Å². The van der Waals surface area contributed by atoms with Gasteiger partial charge in [-0.2, -0.15) is 0 Å². The summed E-state index contributed by atoms with van der Waals surface area (Å²) in [7, 11) is 0. The minimum atomic E-state index is 0.0723. The minimum absolute atomic E-state index is 0.0723. The van der Waals surface area contributed by atoms with E-state index in [1.54, 1.807) is 0 Å². The van der Waals surface area contributed by atoms with E-state index in [9.17, 15) is 5.11 Å². The predicted octanol–water partition coefficient (Wildman–Crippen LogP) is 3.79. The Morgan fingerprint density at radius 3 is 2.81 bits per heavy atom. The van der Waals surface area contributed by atoms with Crippen molar-refractivity contribution >= 4 is 10.8 Å². The first kappa shape index (κ1) is 15.5. The maximum atomic E-state index is 10.4. The van der Waals surface area contributed by atoms with Crippen LogP contribution in [0, 0.1) is 0 Å². The SMILES string of the molecule is C=C(C)COCCNC(C)c1ccc2ccccc2c1O. The third-order valence-corrected chi connectivity index (χ3v) is 3.44. The molecule has 2 N–H and O–H groups in total. The predicted molar refractivity (Wildman–Crippen MR) is 87.7 cm³/mol. The number of nitrogens with one attached hydrogen (secondary N) is 1. The monoisotopic (exact) mass is 285 g/mol. The standard InChI is InChI=1S/C18H23NO2/c1-13(2)12-21-11-10-19-14(3)16-9-8-15-6-4-5-7-17(15)18(16)20/h4-9,14,19-20H,1,10-12H2,2-3H3. The molecule has 112 valence electrons. The van der Waals surface area contributed by atoms with Gasteiger partial charge in [-0.15, -0.1) is 0 Å². The average Bonchev–Trinajstić information content (AvgIpc) is 2.47. The topological polar surface area (TPSA) is 41.5 Å². The molecular formula is C18H23NO2. The highest BCUT2D eigenvalue weighted by atomic mass is 16.5. The minimum Gasteiger partial charge on any atom is -0.507 e. The van der Waals surface area contributed by atoms with Gasteiger partial charge in [-0.1, -0.05) is 48.6 Å². The number of benzene rings is 2. The first-order valence-corrected chi connectivity index (χ1v) is 7.25. The zero-order valence-electron chi connectivity index (χ0n) is 12.7. The van der Waals surface area contributed by atoms with Gasteiger partial charge in [0.15, 0.2) is 0 Å². The van der Waals surface area contributed by atoms with E-state index < -0.39 is 0 Å². The second-order valence-electron chi connectivity index (χ2n) is 5.41. The zero-order valence-corrected chi connectivity index (χ0v) is 12.7. The van der Waals surface area contributed by atoms with Crippen LogP contribution in [-0.2, 0) is 4.74 Å². The lowest BCUT2D eigenvalue weighted by Gasteiger charge is -2.17. The molecule has 2 aromatic carbocycles. The maximum Gasteiger partial charge on any atom is 0.128 e. The van der Waals surface area contributed by atoms with Gasteiger partial charge >= 0.3 is 0 Å². The molecule has 0 radical (unpaired) electrons. The molecule has 0 aromatic heterocycles. The molecule has 0 aliphatic carbocycles. The highest BCUT2D eigenvalue weighted by Crippen LogP contribution is 2.32. The summed E-state index contributed by atoms with van der Waals surface area (Å²) in [6.07, 6.45) is 0. The fourth-order valence-corrected chi connectivity index (χ4v) is 2.33. The fourth-order valence-electron chi connectivity index (χ4n) is 2.33. The Hall–Kier alpha value is -1.84. The van der Waals surface area contributed by atoms with E-state index >= 15 is 0 Å². The lowest BCUT2D eigenvalue weighted by Crippen LogP contribution is -2.23. The van der Waals surface area contributed by atoms with Gasteiger partial charge in [-0.25, -0.2) is 0 Å². The summed E-state index contributed by atoms with van der Waals surface area (Å²) in [5, 5.41) is 15.7. The van der Waals surface area contributed by atoms with Crippen LogP contribution in [0.3, 0.4) is 0 Å². The molecule has 0 aliphatic rings. The summed E-state index contributed by atoms with van der Waals surface area (Å²) in [5.74, 6) is 0.357. The molecule has 2 aromatic rings. The molecule has 1 atom stereocenters.